The normalized spacial score (nSPS) is 17.3. The summed E-state index contributed by atoms with van der Waals surface area (Å²) >= 11 is 0. The Kier molecular flexibility index (Phi) is 6.56. The zero-order valence-electron chi connectivity index (χ0n) is 17.8. The van der Waals surface area contributed by atoms with Crippen LogP contribution in [0, 0.1) is 5.92 Å². The molecule has 1 fully saturated rings. The monoisotopic (exact) mass is 422 g/mol. The minimum absolute atomic E-state index is 0.196. The maximum absolute atomic E-state index is 12.5. The number of nitrogens with zero attached hydrogens (tertiary/aromatic N) is 1. The highest BCUT2D eigenvalue weighted by atomic mass is 16.5. The topological polar surface area (TPSA) is 92.9 Å². The van der Waals surface area contributed by atoms with Crippen LogP contribution in [0.4, 0.5) is 5.69 Å². The van der Waals surface area contributed by atoms with Gasteiger partial charge < -0.3 is 20.5 Å². The van der Waals surface area contributed by atoms with Gasteiger partial charge in [-0.3, -0.25) is 9.59 Å². The van der Waals surface area contributed by atoms with Crippen molar-refractivity contribution >= 4 is 17.6 Å². The Labute approximate surface area is 183 Å². The summed E-state index contributed by atoms with van der Waals surface area (Å²) in [5.41, 5.74) is 9.65. The molecule has 0 aromatic heterocycles. The highest BCUT2D eigenvalue weighted by Gasteiger charge is 2.27. The number of fused-ring (bicyclic) bond motifs is 1. The Balaban J connectivity index is 1.40. The van der Waals surface area contributed by atoms with Crippen LogP contribution in [-0.4, -0.2) is 36.2 Å². The smallest absolute Gasteiger partial charge is 0.321 e. The van der Waals surface area contributed by atoms with E-state index in [9.17, 15) is 9.59 Å². The minimum Gasteiger partial charge on any atom is -0.493 e. The van der Waals surface area contributed by atoms with Crippen LogP contribution in [0.3, 0.4) is 0 Å². The third-order valence-corrected chi connectivity index (χ3v) is 6.39. The zero-order valence-corrected chi connectivity index (χ0v) is 17.8. The van der Waals surface area contributed by atoms with Gasteiger partial charge in [-0.05, 0) is 66.1 Å². The molecule has 2 aromatic carbocycles. The quantitative estimate of drug-likeness (QED) is 0.703. The molecule has 0 spiro atoms. The van der Waals surface area contributed by atoms with E-state index in [1.807, 2.05) is 24.3 Å². The molecule has 1 heterocycles. The van der Waals surface area contributed by atoms with Crippen LogP contribution in [0.1, 0.15) is 44.1 Å². The van der Waals surface area contributed by atoms with E-state index in [2.05, 4.69) is 18.2 Å². The first kappa shape index (κ1) is 21.4. The lowest BCUT2D eigenvalue weighted by atomic mass is 9.90. The largest absolute Gasteiger partial charge is 0.493 e. The van der Waals surface area contributed by atoms with Gasteiger partial charge in [-0.15, -0.1) is 0 Å². The molecule has 0 saturated heterocycles. The van der Waals surface area contributed by atoms with Crippen LogP contribution in [0.25, 0.3) is 11.1 Å². The second kappa shape index (κ2) is 9.52. The number of ether oxygens (including phenoxy) is 1. The van der Waals surface area contributed by atoms with Crippen LogP contribution >= 0.6 is 0 Å². The van der Waals surface area contributed by atoms with E-state index >= 15 is 0 Å². The summed E-state index contributed by atoms with van der Waals surface area (Å²) < 4.78 is 6.00. The number of carboxylic acids is 1. The van der Waals surface area contributed by atoms with Crippen molar-refractivity contribution in [2.75, 3.05) is 18.1 Å². The van der Waals surface area contributed by atoms with E-state index in [0.29, 0.717) is 12.5 Å². The molecule has 1 saturated carbocycles. The van der Waals surface area contributed by atoms with Crippen molar-refractivity contribution in [1.82, 2.24) is 0 Å². The summed E-state index contributed by atoms with van der Waals surface area (Å²) in [5, 5.41) is 8.95. The Morgan fingerprint density at radius 2 is 1.77 bits per heavy atom. The molecule has 6 nitrogen and oxygen atoms in total. The first-order valence-corrected chi connectivity index (χ1v) is 11.2. The fourth-order valence-electron chi connectivity index (χ4n) is 4.54. The van der Waals surface area contributed by atoms with Crippen LogP contribution < -0.4 is 15.4 Å². The highest BCUT2D eigenvalue weighted by Crippen LogP contribution is 2.33. The summed E-state index contributed by atoms with van der Waals surface area (Å²) in [6.45, 7) is 1.35. The summed E-state index contributed by atoms with van der Waals surface area (Å²) in [6, 6.07) is 13.1. The zero-order chi connectivity index (χ0) is 21.8. The molecule has 2 aliphatic rings. The number of amides is 1. The van der Waals surface area contributed by atoms with Crippen molar-refractivity contribution in [1.29, 1.82) is 0 Å². The van der Waals surface area contributed by atoms with E-state index in [0.717, 1.165) is 41.2 Å². The van der Waals surface area contributed by atoms with Gasteiger partial charge in [-0.1, -0.05) is 37.5 Å². The standard InChI is InChI=1S/C25H30N2O4/c26-22(25(29)30)15-24(28)27-13-12-20-14-19(8-11-23(20)27)18-6-9-21(10-7-18)31-16-17-4-2-1-3-5-17/h6-11,14,17,22H,1-5,12-13,15-16,26H2,(H,29,30). The molecule has 0 bridgehead atoms. The average molecular weight is 423 g/mol. The summed E-state index contributed by atoms with van der Waals surface area (Å²) in [7, 11) is 0. The predicted molar refractivity (Wildman–Crippen MR) is 120 cm³/mol. The second-order valence-corrected chi connectivity index (χ2v) is 8.63. The molecule has 1 unspecified atom stereocenters. The number of anilines is 1. The molecule has 31 heavy (non-hydrogen) atoms. The Morgan fingerprint density at radius 3 is 2.48 bits per heavy atom. The molecule has 1 aliphatic heterocycles. The number of benzene rings is 2. The molecular weight excluding hydrogens is 392 g/mol. The van der Waals surface area contributed by atoms with Crippen LogP contribution in [0.15, 0.2) is 42.5 Å². The fraction of sp³-hybridized carbons (Fsp3) is 0.440. The highest BCUT2D eigenvalue weighted by molar-refractivity contribution is 5.98. The Morgan fingerprint density at radius 1 is 1.06 bits per heavy atom. The molecule has 3 N–H and O–H groups in total. The summed E-state index contributed by atoms with van der Waals surface area (Å²) in [6.07, 6.45) is 7.09. The molecule has 6 heteroatoms. The number of rotatable bonds is 7. The van der Waals surface area contributed by atoms with E-state index in [-0.39, 0.29) is 12.3 Å². The van der Waals surface area contributed by atoms with Gasteiger partial charge in [-0.25, -0.2) is 0 Å². The lowest BCUT2D eigenvalue weighted by Crippen LogP contribution is -2.38. The van der Waals surface area contributed by atoms with Crippen LogP contribution in [0.2, 0.25) is 0 Å². The maximum Gasteiger partial charge on any atom is 0.321 e. The third kappa shape index (κ3) is 5.07. The Bertz CT molecular complexity index is 935. The average Bonchev–Trinajstić information content (AvgIpc) is 3.22. The number of carboxylic acid groups (broad SMARTS) is 1. The first-order valence-electron chi connectivity index (χ1n) is 11.2. The SMILES string of the molecule is NC(CC(=O)N1CCc2cc(-c3ccc(OCC4CCCCC4)cc3)ccc21)C(=O)O. The summed E-state index contributed by atoms with van der Waals surface area (Å²) in [5.74, 6) is 0.179. The molecule has 1 atom stereocenters. The van der Waals surface area contributed by atoms with Crippen LogP contribution in [-0.2, 0) is 16.0 Å². The molecule has 4 rings (SSSR count). The van der Waals surface area contributed by atoms with Gasteiger partial charge in [0, 0.05) is 12.2 Å². The van der Waals surface area contributed by atoms with Crippen LogP contribution in [0.5, 0.6) is 5.75 Å². The number of hydrogen-bond acceptors (Lipinski definition) is 4. The molecule has 1 amide bonds. The van der Waals surface area contributed by atoms with Crippen molar-refractivity contribution in [2.24, 2.45) is 11.7 Å². The molecule has 0 radical (unpaired) electrons. The minimum atomic E-state index is -1.17. The van der Waals surface area contributed by atoms with Gasteiger partial charge >= 0.3 is 5.97 Å². The fourth-order valence-corrected chi connectivity index (χ4v) is 4.54. The lowest BCUT2D eigenvalue weighted by Gasteiger charge is -2.21. The lowest BCUT2D eigenvalue weighted by molar-refractivity contribution is -0.140. The maximum atomic E-state index is 12.5. The van der Waals surface area contributed by atoms with Crippen molar-refractivity contribution in [2.45, 2.75) is 51.0 Å². The number of nitrogens with two attached hydrogens (primary N) is 1. The van der Waals surface area contributed by atoms with Gasteiger partial charge in [0.05, 0.1) is 13.0 Å². The van der Waals surface area contributed by atoms with Gasteiger partial charge in [0.2, 0.25) is 5.91 Å². The molecule has 164 valence electrons. The summed E-state index contributed by atoms with van der Waals surface area (Å²) in [4.78, 5) is 25.0. The van der Waals surface area contributed by atoms with E-state index in [1.165, 1.54) is 32.1 Å². The second-order valence-electron chi connectivity index (χ2n) is 8.63. The van der Waals surface area contributed by atoms with Crippen molar-refractivity contribution in [3.8, 4) is 16.9 Å². The van der Waals surface area contributed by atoms with Gasteiger partial charge in [-0.2, -0.15) is 0 Å². The molecular formula is C25H30N2O4. The Hall–Kier alpha value is -2.86. The molecule has 2 aromatic rings. The number of carbonyl (C=O) groups excluding carboxylic acids is 1. The van der Waals surface area contributed by atoms with Gasteiger partial charge in [0.15, 0.2) is 0 Å². The molecule has 1 aliphatic carbocycles. The van der Waals surface area contributed by atoms with Gasteiger partial charge in [0.1, 0.15) is 11.8 Å². The first-order chi connectivity index (χ1) is 15.0. The number of aliphatic carboxylic acids is 1. The van der Waals surface area contributed by atoms with E-state index in [1.54, 1.807) is 4.90 Å². The van der Waals surface area contributed by atoms with Crippen molar-refractivity contribution in [3.05, 3.63) is 48.0 Å². The van der Waals surface area contributed by atoms with Gasteiger partial charge in [0.25, 0.3) is 0 Å². The third-order valence-electron chi connectivity index (χ3n) is 6.39. The number of hydrogen-bond donors (Lipinski definition) is 2. The number of carbonyl (C=O) groups is 2. The van der Waals surface area contributed by atoms with E-state index in [4.69, 9.17) is 15.6 Å². The predicted octanol–water partition coefficient (Wildman–Crippen LogP) is 4.00. The van der Waals surface area contributed by atoms with E-state index < -0.39 is 12.0 Å². The van der Waals surface area contributed by atoms with Crippen molar-refractivity contribution in [3.63, 3.8) is 0 Å². The van der Waals surface area contributed by atoms with Crippen molar-refractivity contribution < 1.29 is 19.4 Å².